The van der Waals surface area contributed by atoms with Crippen molar-refractivity contribution in [3.8, 4) is 0 Å². The number of carbonyl (C=O) groups is 3. The summed E-state index contributed by atoms with van der Waals surface area (Å²) in [7, 11) is -3.99. The van der Waals surface area contributed by atoms with Crippen molar-refractivity contribution in [3.63, 3.8) is 0 Å². The Morgan fingerprint density at radius 2 is 1.61 bits per heavy atom. The van der Waals surface area contributed by atoms with Crippen LogP contribution in [0.15, 0.2) is 11.0 Å². The average molecular weight is 413 g/mol. The van der Waals surface area contributed by atoms with Crippen LogP contribution in [-0.2, 0) is 24.3 Å². The van der Waals surface area contributed by atoms with Crippen LogP contribution < -0.4 is 15.4 Å². The van der Waals surface area contributed by atoms with Crippen LogP contribution in [0.25, 0.3) is 0 Å². The number of hydrogen-bond donors (Lipinski definition) is 3. The number of urea groups is 1. The van der Waals surface area contributed by atoms with Crippen LogP contribution in [0.3, 0.4) is 0 Å². The molecule has 1 rings (SSSR count). The molecule has 0 aliphatic heterocycles. The number of amides is 3. The molecule has 0 aliphatic carbocycles. The summed E-state index contributed by atoms with van der Waals surface area (Å²) in [6, 6.07) is -0.0331. The minimum absolute atomic E-state index is 0.124. The maximum atomic E-state index is 12.8. The topological polar surface area (TPSA) is 131 Å². The van der Waals surface area contributed by atoms with Gasteiger partial charge in [0.15, 0.2) is 6.61 Å². The summed E-state index contributed by atoms with van der Waals surface area (Å²) in [4.78, 5) is 34.9. The first kappa shape index (κ1) is 23.6. The Bertz CT molecular complexity index is 854. The molecule has 0 heterocycles. The van der Waals surface area contributed by atoms with Crippen molar-refractivity contribution in [1.82, 2.24) is 15.4 Å². The third-order valence-electron chi connectivity index (χ3n) is 4.19. The van der Waals surface area contributed by atoms with Crippen LogP contribution in [0, 0.1) is 27.7 Å². The van der Waals surface area contributed by atoms with E-state index in [0.717, 1.165) is 11.1 Å². The van der Waals surface area contributed by atoms with Gasteiger partial charge in [-0.05, 0) is 63.8 Å². The lowest BCUT2D eigenvalue weighted by atomic mass is 10.0. The minimum atomic E-state index is -3.99. The number of sulfonamides is 1. The molecular weight excluding hydrogens is 386 g/mol. The lowest BCUT2D eigenvalue weighted by molar-refractivity contribution is -0.149. The quantitative estimate of drug-likeness (QED) is 0.571. The van der Waals surface area contributed by atoms with Crippen molar-refractivity contribution in [2.75, 3.05) is 13.2 Å². The van der Waals surface area contributed by atoms with Gasteiger partial charge in [0.05, 0.1) is 4.90 Å². The van der Waals surface area contributed by atoms with Gasteiger partial charge in [-0.1, -0.05) is 6.07 Å². The normalized spacial score (nSPS) is 12.2. The monoisotopic (exact) mass is 413 g/mol. The van der Waals surface area contributed by atoms with E-state index in [2.05, 4.69) is 10.0 Å². The molecule has 9 nitrogen and oxygen atoms in total. The van der Waals surface area contributed by atoms with E-state index < -0.39 is 40.6 Å². The van der Waals surface area contributed by atoms with Gasteiger partial charge in [-0.3, -0.25) is 14.9 Å². The van der Waals surface area contributed by atoms with Gasteiger partial charge in [-0.15, -0.1) is 0 Å². The maximum Gasteiger partial charge on any atom is 0.324 e. The van der Waals surface area contributed by atoms with Crippen LogP contribution in [0.1, 0.15) is 36.1 Å². The molecule has 0 saturated carbocycles. The molecule has 3 amide bonds. The third-order valence-corrected chi connectivity index (χ3v) is 6.00. The number of imide groups is 1. The first-order valence-electron chi connectivity index (χ1n) is 8.74. The SMILES string of the molecule is CCNC(=O)NC(=O)COC(=O)[C@H](C)NS(=O)(=O)c1c(C)c(C)cc(C)c1C. The van der Waals surface area contributed by atoms with Gasteiger partial charge in [0.25, 0.3) is 5.91 Å². The van der Waals surface area contributed by atoms with E-state index in [1.807, 2.05) is 25.2 Å². The predicted octanol–water partition coefficient (Wildman–Crippen LogP) is 0.976. The van der Waals surface area contributed by atoms with Gasteiger partial charge in [-0.2, -0.15) is 4.72 Å². The Morgan fingerprint density at radius 3 is 2.11 bits per heavy atom. The van der Waals surface area contributed by atoms with Gasteiger partial charge >= 0.3 is 12.0 Å². The van der Waals surface area contributed by atoms with E-state index in [-0.39, 0.29) is 4.90 Å². The second-order valence-electron chi connectivity index (χ2n) is 6.45. The van der Waals surface area contributed by atoms with Gasteiger partial charge in [0.1, 0.15) is 6.04 Å². The van der Waals surface area contributed by atoms with Gasteiger partial charge in [0, 0.05) is 6.54 Å². The summed E-state index contributed by atoms with van der Waals surface area (Å²) in [5, 5.41) is 4.32. The number of carbonyl (C=O) groups excluding carboxylic acids is 3. The smallest absolute Gasteiger partial charge is 0.324 e. The van der Waals surface area contributed by atoms with E-state index in [9.17, 15) is 22.8 Å². The van der Waals surface area contributed by atoms with Crippen molar-refractivity contribution in [2.24, 2.45) is 0 Å². The highest BCUT2D eigenvalue weighted by atomic mass is 32.2. The van der Waals surface area contributed by atoms with Crippen molar-refractivity contribution in [3.05, 3.63) is 28.3 Å². The van der Waals surface area contributed by atoms with Crippen molar-refractivity contribution >= 4 is 27.9 Å². The fourth-order valence-corrected chi connectivity index (χ4v) is 4.36. The summed E-state index contributed by atoms with van der Waals surface area (Å²) in [5.41, 5.74) is 2.83. The fourth-order valence-electron chi connectivity index (χ4n) is 2.55. The van der Waals surface area contributed by atoms with Crippen LogP contribution in [0.2, 0.25) is 0 Å². The molecule has 10 heteroatoms. The number of benzene rings is 1. The summed E-state index contributed by atoms with van der Waals surface area (Å²) < 4.78 is 32.7. The van der Waals surface area contributed by atoms with E-state index in [4.69, 9.17) is 4.74 Å². The van der Waals surface area contributed by atoms with Crippen LogP contribution in [0.4, 0.5) is 4.79 Å². The second-order valence-corrected chi connectivity index (χ2v) is 8.10. The summed E-state index contributed by atoms with van der Waals surface area (Å²) in [5.74, 6) is -1.76. The largest absolute Gasteiger partial charge is 0.454 e. The minimum Gasteiger partial charge on any atom is -0.454 e. The summed E-state index contributed by atoms with van der Waals surface area (Å²) in [6.45, 7) is 9.64. The number of ether oxygens (including phenoxy) is 1. The van der Waals surface area contributed by atoms with Crippen molar-refractivity contribution < 1.29 is 27.5 Å². The molecule has 156 valence electrons. The molecule has 1 aromatic rings. The van der Waals surface area contributed by atoms with Gasteiger partial charge < -0.3 is 10.1 Å². The molecule has 1 aromatic carbocycles. The number of hydrogen-bond acceptors (Lipinski definition) is 6. The molecule has 0 aromatic heterocycles. The third kappa shape index (κ3) is 6.03. The van der Waals surface area contributed by atoms with E-state index in [1.54, 1.807) is 20.8 Å². The van der Waals surface area contributed by atoms with Gasteiger partial charge in [-0.25, -0.2) is 13.2 Å². The van der Waals surface area contributed by atoms with Crippen molar-refractivity contribution in [2.45, 2.75) is 52.5 Å². The number of aryl methyl sites for hydroxylation is 2. The Hall–Kier alpha value is -2.46. The number of esters is 1. The molecule has 0 radical (unpaired) electrons. The van der Waals surface area contributed by atoms with E-state index >= 15 is 0 Å². The fraction of sp³-hybridized carbons (Fsp3) is 0.500. The first-order valence-corrected chi connectivity index (χ1v) is 10.2. The molecule has 0 unspecified atom stereocenters. The van der Waals surface area contributed by atoms with Crippen LogP contribution >= 0.6 is 0 Å². The van der Waals surface area contributed by atoms with Crippen molar-refractivity contribution in [1.29, 1.82) is 0 Å². The highest BCUT2D eigenvalue weighted by Crippen LogP contribution is 2.26. The summed E-state index contributed by atoms with van der Waals surface area (Å²) in [6.07, 6.45) is 0. The van der Waals surface area contributed by atoms with Gasteiger partial charge in [0.2, 0.25) is 10.0 Å². The lowest BCUT2D eigenvalue weighted by Crippen LogP contribution is -2.43. The number of nitrogens with one attached hydrogen (secondary N) is 3. The van der Waals surface area contributed by atoms with E-state index in [0.29, 0.717) is 17.7 Å². The van der Waals surface area contributed by atoms with Crippen LogP contribution in [0.5, 0.6) is 0 Å². The molecule has 0 aliphatic rings. The average Bonchev–Trinajstić information content (AvgIpc) is 2.57. The molecule has 0 fully saturated rings. The van der Waals surface area contributed by atoms with E-state index in [1.165, 1.54) is 6.92 Å². The Balaban J connectivity index is 2.82. The first-order chi connectivity index (χ1) is 12.9. The zero-order chi connectivity index (χ0) is 21.6. The standard InChI is InChI=1S/C18H27N3O6S/c1-7-19-18(24)20-15(22)9-27-17(23)14(6)21-28(25,26)16-12(4)10(2)8-11(3)13(16)5/h8,14,21H,7,9H2,1-6H3,(H2,19,20,22,24)/t14-/m0/s1. The second kappa shape index (κ2) is 9.65. The molecule has 3 N–H and O–H groups in total. The molecule has 0 saturated heterocycles. The molecule has 1 atom stereocenters. The Kier molecular flexibility index (Phi) is 8.13. The molecule has 0 bridgehead atoms. The highest BCUT2D eigenvalue weighted by molar-refractivity contribution is 7.89. The predicted molar refractivity (Wildman–Crippen MR) is 103 cm³/mol. The highest BCUT2D eigenvalue weighted by Gasteiger charge is 2.27. The Labute approximate surface area is 165 Å². The Morgan fingerprint density at radius 1 is 1.07 bits per heavy atom. The maximum absolute atomic E-state index is 12.8. The van der Waals surface area contributed by atoms with Crippen LogP contribution in [-0.4, -0.2) is 45.5 Å². The zero-order valence-corrected chi connectivity index (χ0v) is 17.7. The molecule has 0 spiro atoms. The summed E-state index contributed by atoms with van der Waals surface area (Å²) >= 11 is 0. The lowest BCUT2D eigenvalue weighted by Gasteiger charge is -2.18. The molecule has 28 heavy (non-hydrogen) atoms. The molecular formula is C18H27N3O6S. The number of rotatable bonds is 7. The zero-order valence-electron chi connectivity index (χ0n) is 16.9.